The number of alkyl halides is 3. The number of ether oxygens (including phenoxy) is 1. The van der Waals surface area contributed by atoms with Gasteiger partial charge in [0.05, 0.1) is 6.21 Å². The first-order chi connectivity index (χ1) is 11.9. The fourth-order valence-electron chi connectivity index (χ4n) is 1.76. The molecule has 2 aromatic carbocycles. The first-order valence-electron chi connectivity index (χ1n) is 7.25. The zero-order valence-electron chi connectivity index (χ0n) is 13.1. The van der Waals surface area contributed by atoms with Crippen molar-refractivity contribution in [3.63, 3.8) is 0 Å². The van der Waals surface area contributed by atoms with Gasteiger partial charge in [-0.3, -0.25) is 0 Å². The molecular formula is C17H16F3N3OS. The summed E-state index contributed by atoms with van der Waals surface area (Å²) in [4.78, 5) is 0. The summed E-state index contributed by atoms with van der Waals surface area (Å²) in [6.07, 6.45) is -2.98. The molecule has 2 N–H and O–H groups in total. The quantitative estimate of drug-likeness (QED) is 0.473. The average molecular weight is 367 g/mol. The van der Waals surface area contributed by atoms with E-state index in [1.54, 1.807) is 12.1 Å². The topological polar surface area (TPSA) is 60.0 Å². The summed E-state index contributed by atoms with van der Waals surface area (Å²) < 4.78 is 41.1. The molecule has 0 atom stereocenters. The van der Waals surface area contributed by atoms with Crippen LogP contribution in [0.5, 0.6) is 5.75 Å². The van der Waals surface area contributed by atoms with E-state index in [2.05, 4.69) is 14.9 Å². The smallest absolute Gasteiger partial charge is 0.422 e. The summed E-state index contributed by atoms with van der Waals surface area (Å²) in [5.74, 6) is 0.781. The van der Waals surface area contributed by atoms with Crippen molar-refractivity contribution in [2.24, 2.45) is 15.9 Å². The van der Waals surface area contributed by atoms with Crippen LogP contribution in [-0.2, 0) is 5.75 Å². The number of hydrogen-bond donors (Lipinski definition) is 1. The Kier molecular flexibility index (Phi) is 6.88. The fraction of sp³-hybridized carbons (Fsp3) is 0.176. The Morgan fingerprint density at radius 2 is 1.88 bits per heavy atom. The molecule has 0 aliphatic heterocycles. The standard InChI is InChI=1S/C17H16F3N3OS/c18-17(19,20)12-24-15-8-4-7-14(9-15)10-22-23-16(21)25-11-13-5-2-1-3-6-13/h1-10H,11-12H2,(H2,21,23). The summed E-state index contributed by atoms with van der Waals surface area (Å²) in [6.45, 7) is -1.34. The summed E-state index contributed by atoms with van der Waals surface area (Å²) in [7, 11) is 0. The average Bonchev–Trinajstić information content (AvgIpc) is 2.59. The Morgan fingerprint density at radius 3 is 2.60 bits per heavy atom. The van der Waals surface area contributed by atoms with E-state index in [1.807, 2.05) is 30.3 Å². The van der Waals surface area contributed by atoms with Crippen LogP contribution in [0.15, 0.2) is 64.8 Å². The lowest BCUT2D eigenvalue weighted by molar-refractivity contribution is -0.153. The van der Waals surface area contributed by atoms with Crippen molar-refractivity contribution in [3.8, 4) is 5.75 Å². The van der Waals surface area contributed by atoms with E-state index in [9.17, 15) is 13.2 Å². The van der Waals surface area contributed by atoms with E-state index in [4.69, 9.17) is 5.73 Å². The number of thioether (sulfide) groups is 1. The van der Waals surface area contributed by atoms with Crippen molar-refractivity contribution in [1.82, 2.24) is 0 Å². The minimum atomic E-state index is -4.38. The second-order valence-electron chi connectivity index (χ2n) is 4.93. The molecule has 4 nitrogen and oxygen atoms in total. The second-order valence-corrected chi connectivity index (χ2v) is 5.93. The highest BCUT2D eigenvalue weighted by molar-refractivity contribution is 8.13. The van der Waals surface area contributed by atoms with Crippen LogP contribution in [0.3, 0.4) is 0 Å². The second kappa shape index (κ2) is 9.12. The van der Waals surface area contributed by atoms with Gasteiger partial charge in [-0.2, -0.15) is 18.3 Å². The zero-order valence-corrected chi connectivity index (χ0v) is 13.9. The van der Waals surface area contributed by atoms with Crippen molar-refractivity contribution < 1.29 is 17.9 Å². The van der Waals surface area contributed by atoms with Crippen molar-refractivity contribution >= 4 is 23.1 Å². The molecule has 0 heterocycles. The van der Waals surface area contributed by atoms with Crippen molar-refractivity contribution in [3.05, 3.63) is 65.7 Å². The molecule has 2 rings (SSSR count). The van der Waals surface area contributed by atoms with Gasteiger partial charge >= 0.3 is 6.18 Å². The van der Waals surface area contributed by atoms with E-state index in [1.165, 1.54) is 30.1 Å². The summed E-state index contributed by atoms with van der Waals surface area (Å²) in [5, 5.41) is 7.99. The largest absolute Gasteiger partial charge is 0.484 e. The molecule has 0 aromatic heterocycles. The van der Waals surface area contributed by atoms with Crippen molar-refractivity contribution in [1.29, 1.82) is 0 Å². The van der Waals surface area contributed by atoms with E-state index in [-0.39, 0.29) is 5.75 Å². The first-order valence-corrected chi connectivity index (χ1v) is 8.24. The predicted octanol–water partition coefficient (Wildman–Crippen LogP) is 4.21. The molecule has 0 saturated heterocycles. The highest BCUT2D eigenvalue weighted by Crippen LogP contribution is 2.19. The molecule has 0 radical (unpaired) electrons. The minimum Gasteiger partial charge on any atom is -0.484 e. The maximum atomic E-state index is 12.1. The van der Waals surface area contributed by atoms with Gasteiger partial charge in [0.25, 0.3) is 0 Å². The fourth-order valence-corrected chi connectivity index (χ4v) is 2.37. The van der Waals surface area contributed by atoms with Gasteiger partial charge in [-0.15, -0.1) is 5.10 Å². The normalized spacial score (nSPS) is 12.5. The van der Waals surface area contributed by atoms with Crippen LogP contribution in [0.4, 0.5) is 13.2 Å². The van der Waals surface area contributed by atoms with Gasteiger partial charge in [-0.05, 0) is 23.3 Å². The third kappa shape index (κ3) is 7.75. The number of rotatable bonds is 6. The molecular weight excluding hydrogens is 351 g/mol. The van der Waals surface area contributed by atoms with Gasteiger partial charge in [0.15, 0.2) is 11.8 Å². The molecule has 0 unspecified atom stereocenters. The van der Waals surface area contributed by atoms with Gasteiger partial charge < -0.3 is 10.5 Å². The van der Waals surface area contributed by atoms with Gasteiger partial charge in [-0.25, -0.2) is 0 Å². The van der Waals surface area contributed by atoms with Crippen LogP contribution in [0, 0.1) is 0 Å². The Bertz CT molecular complexity index is 733. The van der Waals surface area contributed by atoms with Crippen LogP contribution in [0.2, 0.25) is 0 Å². The number of nitrogens with zero attached hydrogens (tertiary/aromatic N) is 2. The number of nitrogens with two attached hydrogens (primary N) is 1. The molecule has 0 bridgehead atoms. The number of amidine groups is 1. The van der Waals surface area contributed by atoms with E-state index in [0.717, 1.165) is 5.56 Å². The molecule has 0 aliphatic rings. The van der Waals surface area contributed by atoms with Crippen LogP contribution in [0.25, 0.3) is 0 Å². The lowest BCUT2D eigenvalue weighted by atomic mass is 10.2. The molecule has 2 aromatic rings. The highest BCUT2D eigenvalue weighted by atomic mass is 32.2. The number of halogens is 3. The molecule has 0 spiro atoms. The molecule has 0 aliphatic carbocycles. The maximum absolute atomic E-state index is 12.1. The molecule has 132 valence electrons. The third-order valence-electron chi connectivity index (χ3n) is 2.85. The third-order valence-corrected chi connectivity index (χ3v) is 3.71. The molecule has 0 saturated carbocycles. The van der Waals surface area contributed by atoms with Crippen molar-refractivity contribution in [2.45, 2.75) is 11.9 Å². The number of hydrogen-bond acceptors (Lipinski definition) is 4. The minimum absolute atomic E-state index is 0.108. The van der Waals surface area contributed by atoms with Gasteiger partial charge in [-0.1, -0.05) is 54.2 Å². The Labute approximate surface area is 147 Å². The lowest BCUT2D eigenvalue weighted by Crippen LogP contribution is -2.19. The monoisotopic (exact) mass is 367 g/mol. The van der Waals surface area contributed by atoms with Gasteiger partial charge in [0, 0.05) is 5.75 Å². The van der Waals surface area contributed by atoms with Crippen LogP contribution in [0.1, 0.15) is 11.1 Å². The molecule has 25 heavy (non-hydrogen) atoms. The van der Waals surface area contributed by atoms with E-state index >= 15 is 0 Å². The molecule has 0 amide bonds. The van der Waals surface area contributed by atoms with Crippen LogP contribution >= 0.6 is 11.8 Å². The van der Waals surface area contributed by atoms with Gasteiger partial charge in [0.1, 0.15) is 5.75 Å². The Hall–Kier alpha value is -2.48. The van der Waals surface area contributed by atoms with E-state index < -0.39 is 12.8 Å². The highest BCUT2D eigenvalue weighted by Gasteiger charge is 2.28. The lowest BCUT2D eigenvalue weighted by Gasteiger charge is -2.09. The summed E-state index contributed by atoms with van der Waals surface area (Å²) in [5.41, 5.74) is 7.44. The maximum Gasteiger partial charge on any atom is 0.422 e. The number of benzene rings is 2. The SMILES string of the molecule is NC(=NN=Cc1cccc(OCC(F)(F)F)c1)SCc1ccccc1. The van der Waals surface area contributed by atoms with Gasteiger partial charge in [0.2, 0.25) is 0 Å². The van der Waals surface area contributed by atoms with Crippen LogP contribution < -0.4 is 10.5 Å². The van der Waals surface area contributed by atoms with Crippen LogP contribution in [-0.4, -0.2) is 24.2 Å². The summed E-state index contributed by atoms with van der Waals surface area (Å²) >= 11 is 1.34. The predicted molar refractivity (Wildman–Crippen MR) is 94.9 cm³/mol. The zero-order chi connectivity index (χ0) is 18.1. The Morgan fingerprint density at radius 1 is 1.12 bits per heavy atom. The first kappa shape index (κ1) is 18.9. The van der Waals surface area contributed by atoms with E-state index in [0.29, 0.717) is 16.5 Å². The Balaban J connectivity index is 1.88. The molecule has 8 heteroatoms. The summed E-state index contributed by atoms with van der Waals surface area (Å²) in [6, 6.07) is 15.9. The van der Waals surface area contributed by atoms with Crippen molar-refractivity contribution in [2.75, 3.05) is 6.61 Å². The molecule has 0 fully saturated rings.